The van der Waals surface area contributed by atoms with Crippen molar-refractivity contribution in [2.75, 3.05) is 5.01 Å². The molecule has 3 aromatic rings. The number of benzene rings is 2. The van der Waals surface area contributed by atoms with E-state index in [1.54, 1.807) is 36.5 Å². The van der Waals surface area contributed by atoms with Gasteiger partial charge >= 0.3 is 6.03 Å². The number of nitrogens with zero attached hydrogens (tertiary/aromatic N) is 3. The largest absolute Gasteiger partial charge is 0.472 e. The van der Waals surface area contributed by atoms with Gasteiger partial charge in [0.15, 0.2) is 0 Å². The molecule has 1 heterocycles. The molecule has 0 radical (unpaired) electrons. The average Bonchev–Trinajstić information content (AvgIpc) is 3.14. The molecule has 0 unspecified atom stereocenters. The molecule has 0 saturated carbocycles. The van der Waals surface area contributed by atoms with Crippen molar-refractivity contribution in [1.82, 2.24) is 15.2 Å². The van der Waals surface area contributed by atoms with Crippen LogP contribution in [0.3, 0.4) is 0 Å². The molecule has 3 rings (SSSR count). The lowest BCUT2D eigenvalue weighted by Crippen LogP contribution is -2.48. The molecular formula is C18H19FN6O2. The van der Waals surface area contributed by atoms with Crippen molar-refractivity contribution in [3.8, 4) is 11.6 Å². The molecular weight excluding hydrogens is 351 g/mol. The van der Waals surface area contributed by atoms with Gasteiger partial charge < -0.3 is 4.74 Å². The summed E-state index contributed by atoms with van der Waals surface area (Å²) in [5, 5.41) is 5.19. The van der Waals surface area contributed by atoms with Crippen LogP contribution in [0.25, 0.3) is 5.69 Å². The molecule has 0 aliphatic rings. The molecule has 0 spiro atoms. The first-order chi connectivity index (χ1) is 13.0. The number of urea groups is 1. The summed E-state index contributed by atoms with van der Waals surface area (Å²) >= 11 is 0. The van der Waals surface area contributed by atoms with E-state index in [2.05, 4.69) is 5.10 Å². The lowest BCUT2D eigenvalue weighted by Gasteiger charge is -2.20. The second kappa shape index (κ2) is 7.85. The van der Waals surface area contributed by atoms with Crippen LogP contribution in [0.15, 0.2) is 54.7 Å². The number of anilines is 1. The summed E-state index contributed by atoms with van der Waals surface area (Å²) < 4.78 is 20.6. The van der Waals surface area contributed by atoms with Crippen LogP contribution in [0.4, 0.5) is 14.9 Å². The van der Waals surface area contributed by atoms with Crippen LogP contribution >= 0.6 is 0 Å². The number of aromatic nitrogens is 2. The third kappa shape index (κ3) is 4.05. The van der Waals surface area contributed by atoms with E-state index in [9.17, 15) is 9.18 Å². The molecule has 27 heavy (non-hydrogen) atoms. The monoisotopic (exact) mass is 370 g/mol. The van der Waals surface area contributed by atoms with Gasteiger partial charge in [0, 0.05) is 17.8 Å². The Labute approximate surface area is 155 Å². The third-order valence-electron chi connectivity index (χ3n) is 3.99. The smallest absolute Gasteiger partial charge is 0.350 e. The molecule has 8 nitrogen and oxygen atoms in total. The molecule has 140 valence electrons. The molecule has 0 aliphatic heterocycles. The molecule has 9 heteroatoms. The average molecular weight is 370 g/mol. The number of hydrogen-bond donors (Lipinski definition) is 3. The minimum Gasteiger partial charge on any atom is -0.472 e. The SMILES string of the molecule is Cc1cccc(N(N)C(=O)NN)c1COc1ccn(-c2cccc(F)c2)n1. The van der Waals surface area contributed by atoms with Crippen molar-refractivity contribution >= 4 is 11.7 Å². The number of carbonyl (C=O) groups is 1. The topological polar surface area (TPSA) is 111 Å². The number of nitrogens with one attached hydrogen (secondary N) is 1. The Kier molecular flexibility index (Phi) is 5.34. The number of carbonyl (C=O) groups excluding carboxylic acids is 1. The fourth-order valence-electron chi connectivity index (χ4n) is 2.57. The van der Waals surface area contributed by atoms with Crippen molar-refractivity contribution in [1.29, 1.82) is 0 Å². The van der Waals surface area contributed by atoms with Crippen LogP contribution in [-0.2, 0) is 6.61 Å². The van der Waals surface area contributed by atoms with Gasteiger partial charge in [-0.1, -0.05) is 18.2 Å². The molecule has 5 N–H and O–H groups in total. The summed E-state index contributed by atoms with van der Waals surface area (Å²) in [5.41, 5.74) is 4.62. The number of hydrogen-bond acceptors (Lipinski definition) is 5. The zero-order valence-corrected chi connectivity index (χ0v) is 14.6. The number of rotatable bonds is 5. The molecule has 2 aromatic carbocycles. The van der Waals surface area contributed by atoms with Gasteiger partial charge in [-0.3, -0.25) is 5.43 Å². The Bertz CT molecular complexity index is 959. The highest BCUT2D eigenvalue weighted by atomic mass is 19.1. The lowest BCUT2D eigenvalue weighted by molar-refractivity contribution is 0.246. The molecule has 0 atom stereocenters. The van der Waals surface area contributed by atoms with Gasteiger partial charge in [-0.2, -0.15) is 0 Å². The van der Waals surface area contributed by atoms with Gasteiger partial charge in [0.05, 0.1) is 11.4 Å². The molecule has 0 saturated heterocycles. The summed E-state index contributed by atoms with van der Waals surface area (Å²) in [6.07, 6.45) is 1.67. The normalized spacial score (nSPS) is 10.5. The van der Waals surface area contributed by atoms with E-state index in [4.69, 9.17) is 16.4 Å². The fourth-order valence-corrected chi connectivity index (χ4v) is 2.57. The Balaban J connectivity index is 1.79. The maximum atomic E-state index is 13.4. The van der Waals surface area contributed by atoms with Gasteiger partial charge in [0.2, 0.25) is 5.88 Å². The van der Waals surface area contributed by atoms with Crippen LogP contribution in [0, 0.1) is 12.7 Å². The lowest BCUT2D eigenvalue weighted by atomic mass is 10.1. The minimum atomic E-state index is -0.655. The highest BCUT2D eigenvalue weighted by Crippen LogP contribution is 2.24. The van der Waals surface area contributed by atoms with Crippen molar-refractivity contribution in [3.05, 3.63) is 71.7 Å². The predicted molar refractivity (Wildman–Crippen MR) is 98.4 cm³/mol. The fraction of sp³-hybridized carbons (Fsp3) is 0.111. The predicted octanol–water partition coefficient (Wildman–Crippen LogP) is 2.16. The molecule has 2 amide bonds. The van der Waals surface area contributed by atoms with Crippen molar-refractivity contribution in [3.63, 3.8) is 0 Å². The number of ether oxygens (including phenoxy) is 1. The summed E-state index contributed by atoms with van der Waals surface area (Å²) in [6.45, 7) is 2.01. The maximum Gasteiger partial charge on any atom is 0.350 e. The van der Waals surface area contributed by atoms with Crippen LogP contribution in [0.2, 0.25) is 0 Å². The summed E-state index contributed by atoms with van der Waals surface area (Å²) in [6, 6.07) is 12.4. The van der Waals surface area contributed by atoms with E-state index in [1.807, 2.05) is 18.4 Å². The van der Waals surface area contributed by atoms with Gasteiger partial charge in [-0.15, -0.1) is 5.10 Å². The van der Waals surface area contributed by atoms with Gasteiger partial charge in [0.25, 0.3) is 0 Å². The number of nitrogens with two attached hydrogens (primary N) is 2. The number of halogens is 1. The van der Waals surface area contributed by atoms with E-state index in [0.717, 1.165) is 10.6 Å². The third-order valence-corrected chi connectivity index (χ3v) is 3.99. The van der Waals surface area contributed by atoms with Crippen LogP contribution < -0.4 is 26.9 Å². The first-order valence-electron chi connectivity index (χ1n) is 8.08. The number of hydrazine groups is 2. The second-order valence-corrected chi connectivity index (χ2v) is 5.76. The molecule has 0 fully saturated rings. The zero-order valence-electron chi connectivity index (χ0n) is 14.6. The maximum absolute atomic E-state index is 13.4. The first kappa shape index (κ1) is 18.4. The minimum absolute atomic E-state index is 0.133. The Morgan fingerprint density at radius 3 is 2.81 bits per heavy atom. The Morgan fingerprint density at radius 1 is 1.30 bits per heavy atom. The van der Waals surface area contributed by atoms with E-state index in [-0.39, 0.29) is 12.4 Å². The summed E-state index contributed by atoms with van der Waals surface area (Å²) in [4.78, 5) is 11.7. The van der Waals surface area contributed by atoms with Gasteiger partial charge in [-0.25, -0.2) is 30.6 Å². The molecule has 0 bridgehead atoms. The number of aryl methyl sites for hydroxylation is 1. The van der Waals surface area contributed by atoms with Crippen LogP contribution in [0.5, 0.6) is 5.88 Å². The highest BCUT2D eigenvalue weighted by molar-refractivity contribution is 5.91. The van der Waals surface area contributed by atoms with E-state index < -0.39 is 6.03 Å². The van der Waals surface area contributed by atoms with E-state index in [0.29, 0.717) is 22.8 Å². The summed E-state index contributed by atoms with van der Waals surface area (Å²) in [7, 11) is 0. The highest BCUT2D eigenvalue weighted by Gasteiger charge is 2.16. The quantitative estimate of drug-likeness (QED) is 0.362. The molecule has 0 aliphatic carbocycles. The van der Waals surface area contributed by atoms with Crippen LogP contribution in [0.1, 0.15) is 11.1 Å². The van der Waals surface area contributed by atoms with E-state index in [1.165, 1.54) is 16.8 Å². The number of amides is 2. The van der Waals surface area contributed by atoms with Crippen LogP contribution in [-0.4, -0.2) is 15.8 Å². The van der Waals surface area contributed by atoms with E-state index >= 15 is 0 Å². The van der Waals surface area contributed by atoms with Gasteiger partial charge in [-0.05, 0) is 36.8 Å². The van der Waals surface area contributed by atoms with Crippen molar-refractivity contribution < 1.29 is 13.9 Å². The zero-order chi connectivity index (χ0) is 19.4. The summed E-state index contributed by atoms with van der Waals surface area (Å²) in [5.74, 6) is 10.9. The van der Waals surface area contributed by atoms with Crippen molar-refractivity contribution in [2.45, 2.75) is 13.5 Å². The van der Waals surface area contributed by atoms with Crippen molar-refractivity contribution in [2.24, 2.45) is 11.7 Å². The Hall–Kier alpha value is -3.43. The second-order valence-electron chi connectivity index (χ2n) is 5.76. The standard InChI is InChI=1S/C18H19FN6O2/c1-12-4-2-7-16(25(21)18(26)22-20)15(12)11-27-17-8-9-24(23-17)14-6-3-5-13(19)10-14/h2-10H,11,20-21H2,1H3,(H,22,26). The Morgan fingerprint density at radius 2 is 2.07 bits per heavy atom. The molecule has 1 aromatic heterocycles. The van der Waals surface area contributed by atoms with Gasteiger partial charge in [0.1, 0.15) is 12.4 Å². The first-order valence-corrected chi connectivity index (χ1v) is 8.08.